The van der Waals surface area contributed by atoms with Gasteiger partial charge in [-0.15, -0.1) is 0 Å². The van der Waals surface area contributed by atoms with Gasteiger partial charge in [-0.25, -0.2) is 0 Å². The number of nitrogens with one attached hydrogen (secondary N) is 1. The van der Waals surface area contributed by atoms with E-state index in [-0.39, 0.29) is 6.17 Å². The SMILES string of the molecule is C1=C(c2cccc(-c3ccc(-c4ccc5c(c4)C4(c6ccccc6Oc6ccccc64)c4ccccc4-5)cc3)c2)NC(c2ccccc2)N=C1c1ccc(-c2ccccc2)cc1. The van der Waals surface area contributed by atoms with Gasteiger partial charge in [-0.05, 0) is 103 Å². The van der Waals surface area contributed by atoms with Crippen LogP contribution in [-0.2, 0) is 5.41 Å². The van der Waals surface area contributed by atoms with E-state index in [2.05, 4.69) is 236 Å². The Kier molecular flexibility index (Phi) is 8.46. The fourth-order valence-corrected chi connectivity index (χ4v) is 9.87. The molecule has 0 saturated heterocycles. The average Bonchev–Trinajstić information content (AvgIpc) is 3.64. The van der Waals surface area contributed by atoms with Crippen LogP contribution in [0.25, 0.3) is 50.2 Å². The van der Waals surface area contributed by atoms with Crippen LogP contribution in [0, 0.1) is 0 Å². The lowest BCUT2D eigenvalue weighted by molar-refractivity contribution is 0.436. The lowest BCUT2D eigenvalue weighted by atomic mass is 9.66. The molecule has 1 unspecified atom stereocenters. The van der Waals surface area contributed by atoms with Gasteiger partial charge in [0.05, 0.1) is 11.1 Å². The second kappa shape index (κ2) is 14.6. The van der Waals surface area contributed by atoms with Crippen LogP contribution in [0.4, 0.5) is 0 Å². The van der Waals surface area contributed by atoms with Gasteiger partial charge >= 0.3 is 0 Å². The molecule has 0 fully saturated rings. The first kappa shape index (κ1) is 35.9. The monoisotopic (exact) mass is 792 g/mol. The smallest absolute Gasteiger partial charge is 0.145 e. The van der Waals surface area contributed by atoms with Crippen molar-refractivity contribution in [2.45, 2.75) is 11.6 Å². The number of hydrogen-bond donors (Lipinski definition) is 1. The average molecular weight is 793 g/mol. The van der Waals surface area contributed by atoms with Gasteiger partial charge in [-0.2, -0.15) is 0 Å². The van der Waals surface area contributed by atoms with Gasteiger partial charge in [0.15, 0.2) is 0 Å². The predicted molar refractivity (Wildman–Crippen MR) is 253 cm³/mol. The van der Waals surface area contributed by atoms with Crippen LogP contribution in [0.2, 0.25) is 0 Å². The minimum absolute atomic E-state index is 0.217. The summed E-state index contributed by atoms with van der Waals surface area (Å²) in [7, 11) is 0. The van der Waals surface area contributed by atoms with Crippen molar-refractivity contribution in [2.75, 3.05) is 0 Å². The minimum atomic E-state index is -0.495. The van der Waals surface area contributed by atoms with Crippen LogP contribution in [0.1, 0.15) is 45.1 Å². The third-order valence-corrected chi connectivity index (χ3v) is 12.8. The van der Waals surface area contributed by atoms with Crippen molar-refractivity contribution < 1.29 is 4.74 Å². The van der Waals surface area contributed by atoms with Crippen LogP contribution in [-0.4, -0.2) is 5.71 Å². The Hall–Kier alpha value is -8.01. The first-order valence-electron chi connectivity index (χ1n) is 21.3. The van der Waals surface area contributed by atoms with E-state index < -0.39 is 5.41 Å². The largest absolute Gasteiger partial charge is 0.457 e. The van der Waals surface area contributed by atoms with Crippen molar-refractivity contribution in [3.05, 3.63) is 269 Å². The summed E-state index contributed by atoms with van der Waals surface area (Å²) in [5.41, 5.74) is 19.4. The van der Waals surface area contributed by atoms with Gasteiger partial charge in [-0.3, -0.25) is 4.99 Å². The number of ether oxygens (including phenoxy) is 1. The summed E-state index contributed by atoms with van der Waals surface area (Å²) in [6.45, 7) is 0. The normalized spacial score (nSPS) is 15.2. The van der Waals surface area contributed by atoms with Gasteiger partial charge < -0.3 is 10.1 Å². The summed E-state index contributed by atoms with van der Waals surface area (Å²) >= 11 is 0. The van der Waals surface area contributed by atoms with Crippen molar-refractivity contribution >= 4 is 11.4 Å². The molecular formula is C59H40N2O. The second-order valence-corrected chi connectivity index (χ2v) is 16.3. The first-order chi connectivity index (χ1) is 30.7. The highest BCUT2D eigenvalue weighted by atomic mass is 16.5. The maximum atomic E-state index is 6.57. The number of hydrogen-bond acceptors (Lipinski definition) is 3. The molecule has 1 spiro atoms. The fourth-order valence-electron chi connectivity index (χ4n) is 9.87. The molecule has 0 radical (unpaired) electrons. The quantitative estimate of drug-likeness (QED) is 0.182. The molecule has 0 saturated carbocycles. The lowest BCUT2D eigenvalue weighted by Gasteiger charge is -2.39. The van der Waals surface area contributed by atoms with E-state index in [4.69, 9.17) is 9.73 Å². The van der Waals surface area contributed by atoms with Crippen molar-refractivity contribution in [1.82, 2.24) is 5.32 Å². The van der Waals surface area contributed by atoms with Gasteiger partial charge in [0.2, 0.25) is 0 Å². The minimum Gasteiger partial charge on any atom is -0.457 e. The summed E-state index contributed by atoms with van der Waals surface area (Å²) in [6, 6.07) is 80.6. The van der Waals surface area contributed by atoms with Gasteiger partial charge in [0.1, 0.15) is 17.7 Å². The van der Waals surface area contributed by atoms with Crippen molar-refractivity contribution in [3.8, 4) is 56.0 Å². The first-order valence-corrected chi connectivity index (χ1v) is 21.3. The zero-order valence-electron chi connectivity index (χ0n) is 33.9. The number of fused-ring (bicyclic) bond motifs is 9. The molecule has 0 amide bonds. The molecule has 9 aromatic carbocycles. The molecule has 2 heterocycles. The van der Waals surface area contributed by atoms with E-state index in [0.717, 1.165) is 50.7 Å². The third kappa shape index (κ3) is 5.85. The van der Waals surface area contributed by atoms with Gasteiger partial charge in [-0.1, -0.05) is 200 Å². The summed E-state index contributed by atoms with van der Waals surface area (Å²) in [4.78, 5) is 5.23. The summed E-state index contributed by atoms with van der Waals surface area (Å²) < 4.78 is 6.57. The molecule has 3 heteroatoms. The molecular weight excluding hydrogens is 753 g/mol. The lowest BCUT2D eigenvalue weighted by Crippen LogP contribution is -2.32. The molecule has 3 aliphatic rings. The Bertz CT molecular complexity index is 3170. The number of nitrogens with zero attached hydrogens (tertiary/aromatic N) is 1. The van der Waals surface area contributed by atoms with Gasteiger partial charge in [0.25, 0.3) is 0 Å². The number of para-hydroxylation sites is 2. The summed E-state index contributed by atoms with van der Waals surface area (Å²) in [5, 5.41) is 3.76. The number of benzene rings is 9. The van der Waals surface area contributed by atoms with Crippen LogP contribution in [0.3, 0.4) is 0 Å². The molecule has 12 rings (SSSR count). The molecule has 1 N–H and O–H groups in total. The number of allylic oxidation sites excluding steroid dienone is 1. The highest BCUT2D eigenvalue weighted by Crippen LogP contribution is 2.62. The Morgan fingerprint density at radius 3 is 1.55 bits per heavy atom. The highest BCUT2D eigenvalue weighted by Gasteiger charge is 2.51. The molecule has 2 aliphatic heterocycles. The fraction of sp³-hybridized carbons (Fsp3) is 0.0339. The van der Waals surface area contributed by atoms with E-state index in [0.29, 0.717) is 0 Å². The summed E-state index contributed by atoms with van der Waals surface area (Å²) in [6.07, 6.45) is 1.97. The predicted octanol–water partition coefficient (Wildman–Crippen LogP) is 14.3. The molecule has 1 atom stereocenters. The molecule has 3 nitrogen and oxygen atoms in total. The number of rotatable bonds is 6. The van der Waals surface area contributed by atoms with Crippen molar-refractivity contribution in [3.63, 3.8) is 0 Å². The topological polar surface area (TPSA) is 33.6 Å². The molecule has 9 aromatic rings. The Balaban J connectivity index is 0.892. The Labute approximate surface area is 362 Å². The van der Waals surface area contributed by atoms with E-state index >= 15 is 0 Å². The van der Waals surface area contributed by atoms with E-state index in [9.17, 15) is 0 Å². The second-order valence-electron chi connectivity index (χ2n) is 16.3. The van der Waals surface area contributed by atoms with E-state index in [1.165, 1.54) is 55.6 Å². The maximum Gasteiger partial charge on any atom is 0.145 e. The third-order valence-electron chi connectivity index (χ3n) is 12.8. The van der Waals surface area contributed by atoms with Crippen molar-refractivity contribution in [2.24, 2.45) is 4.99 Å². The molecule has 0 aromatic heterocycles. The zero-order chi connectivity index (χ0) is 41.0. The van der Waals surface area contributed by atoms with Crippen LogP contribution < -0.4 is 10.1 Å². The van der Waals surface area contributed by atoms with Crippen molar-refractivity contribution in [1.29, 1.82) is 0 Å². The van der Waals surface area contributed by atoms with Gasteiger partial charge in [0, 0.05) is 16.8 Å². The Morgan fingerprint density at radius 2 is 0.855 bits per heavy atom. The highest BCUT2D eigenvalue weighted by molar-refractivity contribution is 6.13. The van der Waals surface area contributed by atoms with Crippen LogP contribution >= 0.6 is 0 Å². The molecule has 292 valence electrons. The van der Waals surface area contributed by atoms with E-state index in [1.807, 2.05) is 0 Å². The standard InChI is InChI=1S/C59H40N2O/c1-3-14-39(15-4-1)40-30-32-43(33-31-40)54-38-55(61-58(60-54)44-16-5-2-6-17-44)47-19-13-18-45(36-47)41-26-28-42(29-27-41)46-34-35-49-48-20-7-8-21-50(48)59(53(49)37-46)51-22-9-11-24-56(51)62-57-25-12-10-23-52(57)59/h1-38,58,61H. The number of aliphatic imine (C=N–C) groups is 1. The van der Waals surface area contributed by atoms with Crippen LogP contribution in [0.15, 0.2) is 236 Å². The van der Waals surface area contributed by atoms with Crippen LogP contribution in [0.5, 0.6) is 11.5 Å². The zero-order valence-corrected chi connectivity index (χ0v) is 33.9. The molecule has 62 heavy (non-hydrogen) atoms. The Morgan fingerprint density at radius 1 is 0.371 bits per heavy atom. The summed E-state index contributed by atoms with van der Waals surface area (Å²) in [5.74, 6) is 1.81. The maximum absolute atomic E-state index is 6.57. The molecule has 1 aliphatic carbocycles. The van der Waals surface area contributed by atoms with E-state index in [1.54, 1.807) is 0 Å². The molecule has 0 bridgehead atoms.